The van der Waals surface area contributed by atoms with Crippen LogP contribution in [0.2, 0.25) is 0 Å². The third kappa shape index (κ3) is 5.99. The lowest BCUT2D eigenvalue weighted by Crippen LogP contribution is -2.41. The van der Waals surface area contributed by atoms with Crippen LogP contribution in [-0.2, 0) is 4.79 Å². The van der Waals surface area contributed by atoms with Crippen LogP contribution < -0.4 is 20.1 Å². The van der Waals surface area contributed by atoms with E-state index in [0.717, 1.165) is 5.56 Å². The molecule has 2 atom stereocenters. The zero-order chi connectivity index (χ0) is 18.6. The van der Waals surface area contributed by atoms with E-state index in [9.17, 15) is 13.6 Å². The third-order valence-electron chi connectivity index (χ3n) is 4.04. The molecule has 1 amide bonds. The van der Waals surface area contributed by atoms with Crippen molar-refractivity contribution in [3.63, 3.8) is 0 Å². The van der Waals surface area contributed by atoms with Crippen LogP contribution in [0.5, 0.6) is 11.5 Å². The molecule has 1 aliphatic rings. The van der Waals surface area contributed by atoms with Gasteiger partial charge in [-0.1, -0.05) is 19.9 Å². The van der Waals surface area contributed by atoms with Gasteiger partial charge in [-0.25, -0.2) is 8.78 Å². The van der Waals surface area contributed by atoms with E-state index in [0.29, 0.717) is 24.0 Å². The number of alkyl halides is 2. The summed E-state index contributed by atoms with van der Waals surface area (Å²) in [5, 5.41) is 5.32. The van der Waals surface area contributed by atoms with E-state index in [-0.39, 0.29) is 18.4 Å². The van der Waals surface area contributed by atoms with Crippen molar-refractivity contribution >= 4 is 18.3 Å². The number of amides is 1. The monoisotopic (exact) mass is 392 g/mol. The summed E-state index contributed by atoms with van der Waals surface area (Å²) in [4.78, 5) is 12.2. The zero-order valence-electron chi connectivity index (χ0n) is 15.5. The normalized spacial score (nSPS) is 19.6. The molecule has 1 aromatic carbocycles. The van der Waals surface area contributed by atoms with Gasteiger partial charge in [0.2, 0.25) is 5.91 Å². The second-order valence-electron chi connectivity index (χ2n) is 6.84. The van der Waals surface area contributed by atoms with E-state index in [1.165, 1.54) is 0 Å². The topological polar surface area (TPSA) is 59.6 Å². The summed E-state index contributed by atoms with van der Waals surface area (Å²) in [6.07, 6.45) is -0.475. The van der Waals surface area contributed by atoms with Gasteiger partial charge in [-0.15, -0.1) is 12.4 Å². The summed E-state index contributed by atoms with van der Waals surface area (Å²) in [5.74, 6) is -1.66. The number of methoxy groups -OCH3 is 1. The molecular weight excluding hydrogens is 366 g/mol. The smallest absolute Gasteiger partial charge is 0.262 e. The molecule has 8 heteroatoms. The Morgan fingerprint density at radius 1 is 1.35 bits per heavy atom. The first kappa shape index (κ1) is 22.4. The van der Waals surface area contributed by atoms with E-state index in [1.807, 2.05) is 6.07 Å². The van der Waals surface area contributed by atoms with Gasteiger partial charge in [0.25, 0.3) is 5.92 Å². The van der Waals surface area contributed by atoms with Crippen LogP contribution in [0.15, 0.2) is 18.2 Å². The molecule has 2 N–H and O–H groups in total. The highest BCUT2D eigenvalue weighted by Crippen LogP contribution is 2.31. The Labute approximate surface area is 159 Å². The van der Waals surface area contributed by atoms with Gasteiger partial charge in [-0.2, -0.15) is 0 Å². The minimum absolute atomic E-state index is 0. The van der Waals surface area contributed by atoms with Gasteiger partial charge < -0.3 is 14.8 Å². The van der Waals surface area contributed by atoms with Crippen LogP contribution in [0.25, 0.3) is 0 Å². The second-order valence-corrected chi connectivity index (χ2v) is 6.84. The summed E-state index contributed by atoms with van der Waals surface area (Å²) in [5.41, 5.74) is 0.812. The first-order chi connectivity index (χ1) is 11.7. The number of halogens is 3. The highest BCUT2D eigenvalue weighted by molar-refractivity contribution is 5.85. The maximum atomic E-state index is 13.2. The van der Waals surface area contributed by atoms with Gasteiger partial charge in [0.05, 0.1) is 32.3 Å². The Kier molecular flexibility index (Phi) is 8.09. The molecule has 1 saturated heterocycles. The quantitative estimate of drug-likeness (QED) is 0.747. The summed E-state index contributed by atoms with van der Waals surface area (Å²) in [7, 11) is 1.55. The maximum Gasteiger partial charge on any atom is 0.262 e. The minimum Gasteiger partial charge on any atom is -0.493 e. The number of carbonyl (C=O) groups excluding carboxylic acids is 1. The van der Waals surface area contributed by atoms with Crippen LogP contribution in [-0.4, -0.2) is 38.1 Å². The lowest BCUT2D eigenvalue weighted by molar-refractivity contribution is -0.124. The predicted molar refractivity (Wildman–Crippen MR) is 98.5 cm³/mol. The molecule has 0 radical (unpaired) electrons. The number of carbonyl (C=O) groups is 1. The fraction of sp³-hybridized carbons (Fsp3) is 0.611. The first-order valence-electron chi connectivity index (χ1n) is 8.44. The van der Waals surface area contributed by atoms with Crippen molar-refractivity contribution in [2.75, 3.05) is 20.3 Å². The molecule has 0 aromatic heterocycles. The Hall–Kier alpha value is -1.60. The van der Waals surface area contributed by atoms with Gasteiger partial charge in [0.1, 0.15) is 0 Å². The van der Waals surface area contributed by atoms with Crippen LogP contribution in [0.4, 0.5) is 8.78 Å². The maximum absolute atomic E-state index is 13.2. The molecule has 1 aromatic rings. The van der Waals surface area contributed by atoms with E-state index in [1.54, 1.807) is 26.2 Å². The Balaban J connectivity index is 0.00000338. The number of hydrogen-bond donors (Lipinski definition) is 2. The first-order valence-corrected chi connectivity index (χ1v) is 8.44. The molecule has 1 fully saturated rings. The van der Waals surface area contributed by atoms with Crippen molar-refractivity contribution in [3.8, 4) is 11.5 Å². The van der Waals surface area contributed by atoms with Gasteiger partial charge in [-0.3, -0.25) is 10.1 Å². The number of ether oxygens (including phenoxy) is 2. The molecule has 0 saturated carbocycles. The summed E-state index contributed by atoms with van der Waals surface area (Å²) in [6, 6.07) is 4.21. The minimum atomic E-state index is -2.83. The molecule has 2 unspecified atom stereocenters. The second kappa shape index (κ2) is 9.37. The van der Waals surface area contributed by atoms with Gasteiger partial charge >= 0.3 is 0 Å². The third-order valence-corrected chi connectivity index (χ3v) is 4.04. The molecule has 5 nitrogen and oxygen atoms in total. The molecule has 26 heavy (non-hydrogen) atoms. The SMILES string of the molecule is COc1cc(C(C)NC(=O)C2CC(F)(F)CN2)ccc1OCC(C)C.Cl. The molecule has 0 aliphatic carbocycles. The van der Waals surface area contributed by atoms with Crippen LogP contribution >= 0.6 is 12.4 Å². The molecule has 0 spiro atoms. The van der Waals surface area contributed by atoms with Crippen LogP contribution in [0.3, 0.4) is 0 Å². The van der Waals surface area contributed by atoms with Gasteiger partial charge in [-0.05, 0) is 30.5 Å². The Morgan fingerprint density at radius 3 is 2.58 bits per heavy atom. The number of nitrogens with one attached hydrogen (secondary N) is 2. The fourth-order valence-corrected chi connectivity index (χ4v) is 2.63. The summed E-state index contributed by atoms with van der Waals surface area (Å²) < 4.78 is 37.5. The average Bonchev–Trinajstić information content (AvgIpc) is 2.92. The van der Waals surface area contributed by atoms with Gasteiger partial charge in [0, 0.05) is 6.42 Å². The lowest BCUT2D eigenvalue weighted by Gasteiger charge is -2.19. The van der Waals surface area contributed by atoms with Crippen molar-refractivity contribution in [1.29, 1.82) is 0 Å². The lowest BCUT2D eigenvalue weighted by atomic mass is 10.1. The zero-order valence-corrected chi connectivity index (χ0v) is 16.3. The summed E-state index contributed by atoms with van der Waals surface area (Å²) >= 11 is 0. The number of rotatable bonds is 7. The van der Waals surface area contributed by atoms with Crippen molar-refractivity contribution in [2.24, 2.45) is 5.92 Å². The van der Waals surface area contributed by atoms with Gasteiger partial charge in [0.15, 0.2) is 11.5 Å². The van der Waals surface area contributed by atoms with Crippen molar-refractivity contribution in [3.05, 3.63) is 23.8 Å². The van der Waals surface area contributed by atoms with E-state index in [2.05, 4.69) is 24.5 Å². The standard InChI is InChI=1S/C18H26F2N2O3.ClH/c1-11(2)9-25-15-6-5-13(7-16(15)24-4)12(3)22-17(23)14-8-18(19,20)10-21-14;/h5-7,11-12,14,21H,8-10H2,1-4H3,(H,22,23);1H. The van der Waals surface area contributed by atoms with Crippen molar-refractivity contribution in [2.45, 2.75) is 45.2 Å². The van der Waals surface area contributed by atoms with E-state index >= 15 is 0 Å². The number of hydrogen-bond acceptors (Lipinski definition) is 4. The number of benzene rings is 1. The van der Waals surface area contributed by atoms with E-state index < -0.39 is 30.8 Å². The summed E-state index contributed by atoms with van der Waals surface area (Å²) in [6.45, 7) is 6.02. The molecule has 148 valence electrons. The molecule has 0 bridgehead atoms. The average molecular weight is 393 g/mol. The highest BCUT2D eigenvalue weighted by Gasteiger charge is 2.42. The Morgan fingerprint density at radius 2 is 2.04 bits per heavy atom. The largest absolute Gasteiger partial charge is 0.493 e. The van der Waals surface area contributed by atoms with Crippen LogP contribution in [0.1, 0.15) is 38.8 Å². The molecule has 1 aliphatic heterocycles. The van der Waals surface area contributed by atoms with Crippen molar-refractivity contribution < 1.29 is 23.0 Å². The molecule has 1 heterocycles. The highest BCUT2D eigenvalue weighted by atomic mass is 35.5. The van der Waals surface area contributed by atoms with Crippen molar-refractivity contribution in [1.82, 2.24) is 10.6 Å². The molecular formula is C18H27ClF2N2O3. The van der Waals surface area contributed by atoms with E-state index in [4.69, 9.17) is 9.47 Å². The van der Waals surface area contributed by atoms with Crippen LogP contribution in [0, 0.1) is 5.92 Å². The fourth-order valence-electron chi connectivity index (χ4n) is 2.63. The molecule has 2 rings (SSSR count). The Bertz CT molecular complexity index is 614. The predicted octanol–water partition coefficient (Wildman–Crippen LogP) is 3.33.